The average molecular weight is 399 g/mol. The van der Waals surface area contributed by atoms with Crippen molar-refractivity contribution in [2.24, 2.45) is 0 Å². The van der Waals surface area contributed by atoms with E-state index < -0.39 is 6.10 Å². The Bertz CT molecular complexity index is 1160. The van der Waals surface area contributed by atoms with Gasteiger partial charge in [0.15, 0.2) is 0 Å². The molecule has 0 saturated carbocycles. The van der Waals surface area contributed by atoms with Crippen LogP contribution in [0.2, 0.25) is 0 Å². The van der Waals surface area contributed by atoms with Gasteiger partial charge in [0.05, 0.1) is 43.4 Å². The van der Waals surface area contributed by atoms with Crippen LogP contribution in [0.15, 0.2) is 48.7 Å². The summed E-state index contributed by atoms with van der Waals surface area (Å²) in [7, 11) is 3.24. The first-order valence-electron chi connectivity index (χ1n) is 9.48. The Labute approximate surface area is 175 Å². The highest BCUT2D eigenvalue weighted by Crippen LogP contribution is 2.34. The summed E-state index contributed by atoms with van der Waals surface area (Å²) in [6.07, 6.45) is 4.53. The van der Waals surface area contributed by atoms with Gasteiger partial charge >= 0.3 is 0 Å². The van der Waals surface area contributed by atoms with Gasteiger partial charge in [-0.15, -0.1) is 0 Å². The van der Waals surface area contributed by atoms with Crippen molar-refractivity contribution in [1.82, 2.24) is 4.98 Å². The topological polar surface area (TPSA) is 87.4 Å². The molecule has 1 unspecified atom stereocenters. The minimum absolute atomic E-state index is 0.523. The van der Waals surface area contributed by atoms with Crippen LogP contribution < -0.4 is 14.8 Å². The fraction of sp³-hybridized carbons (Fsp3) is 0.167. The molecule has 30 heavy (non-hydrogen) atoms. The molecule has 6 nitrogen and oxygen atoms in total. The fourth-order valence-electron chi connectivity index (χ4n) is 3.58. The number of aromatic nitrogens is 1. The van der Waals surface area contributed by atoms with Gasteiger partial charge in [0.1, 0.15) is 17.6 Å². The second-order valence-electron chi connectivity index (χ2n) is 6.89. The van der Waals surface area contributed by atoms with Crippen LogP contribution in [0.1, 0.15) is 39.6 Å². The predicted molar refractivity (Wildman–Crippen MR) is 115 cm³/mol. The largest absolute Gasteiger partial charge is 0.497 e. The van der Waals surface area contributed by atoms with E-state index in [1.54, 1.807) is 32.5 Å². The molecule has 3 aromatic rings. The summed E-state index contributed by atoms with van der Waals surface area (Å²) in [6.45, 7) is 0.523. The molecule has 0 bridgehead atoms. The Morgan fingerprint density at radius 1 is 1.10 bits per heavy atom. The number of nitriles is 1. The first kappa shape index (κ1) is 19.5. The van der Waals surface area contributed by atoms with E-state index in [0.29, 0.717) is 28.9 Å². The van der Waals surface area contributed by atoms with Crippen molar-refractivity contribution in [1.29, 1.82) is 5.26 Å². The molecule has 4 rings (SSSR count). The standard InChI is InChI=1S/C24H21N3O3/c1-29-18-7-6-16(23(11-18)30-2)13-26-17-10-21-22(27-14-17)9-8-19-15(12-25)4-3-5-20(19)24(21)28/h3-11,14,24,26,28H,13H2,1-2H3. The molecule has 1 heterocycles. The van der Waals surface area contributed by atoms with Crippen LogP contribution in [0.3, 0.4) is 0 Å². The fourth-order valence-corrected chi connectivity index (χ4v) is 3.58. The lowest BCUT2D eigenvalue weighted by Gasteiger charge is -2.17. The van der Waals surface area contributed by atoms with Gasteiger partial charge in [0.2, 0.25) is 0 Å². The van der Waals surface area contributed by atoms with Crippen molar-refractivity contribution in [3.63, 3.8) is 0 Å². The number of nitrogens with one attached hydrogen (secondary N) is 1. The van der Waals surface area contributed by atoms with Gasteiger partial charge in [-0.05, 0) is 41.5 Å². The third kappa shape index (κ3) is 3.59. The number of fused-ring (bicyclic) bond motifs is 2. The normalized spacial score (nSPS) is 14.1. The molecular weight excluding hydrogens is 378 g/mol. The van der Waals surface area contributed by atoms with Gasteiger partial charge in [0, 0.05) is 23.7 Å². The molecular formula is C24H21N3O3. The highest BCUT2D eigenvalue weighted by Gasteiger charge is 2.22. The maximum Gasteiger partial charge on any atom is 0.127 e. The number of aliphatic hydroxyl groups is 1. The van der Waals surface area contributed by atoms with E-state index in [1.807, 2.05) is 42.5 Å². The molecule has 0 spiro atoms. The number of benzene rings is 2. The van der Waals surface area contributed by atoms with Gasteiger partial charge in [-0.3, -0.25) is 4.98 Å². The number of aliphatic hydroxyl groups excluding tert-OH is 1. The van der Waals surface area contributed by atoms with Gasteiger partial charge in [0.25, 0.3) is 0 Å². The highest BCUT2D eigenvalue weighted by atomic mass is 16.5. The Balaban J connectivity index is 1.62. The van der Waals surface area contributed by atoms with E-state index in [2.05, 4.69) is 16.4 Å². The number of pyridine rings is 1. The molecule has 0 saturated heterocycles. The van der Waals surface area contributed by atoms with Crippen molar-refractivity contribution in [2.75, 3.05) is 19.5 Å². The zero-order chi connectivity index (χ0) is 21.1. The summed E-state index contributed by atoms with van der Waals surface area (Å²) >= 11 is 0. The number of hydrogen-bond donors (Lipinski definition) is 2. The minimum Gasteiger partial charge on any atom is -0.497 e. The number of anilines is 1. The quantitative estimate of drug-likeness (QED) is 0.670. The molecule has 1 aromatic heterocycles. The van der Waals surface area contributed by atoms with Crippen molar-refractivity contribution >= 4 is 17.8 Å². The van der Waals surface area contributed by atoms with Crippen LogP contribution in [0.4, 0.5) is 5.69 Å². The number of nitrogens with zero attached hydrogens (tertiary/aromatic N) is 2. The van der Waals surface area contributed by atoms with Crippen molar-refractivity contribution in [3.05, 3.63) is 82.2 Å². The lowest BCUT2D eigenvalue weighted by atomic mass is 9.95. The summed E-state index contributed by atoms with van der Waals surface area (Å²) in [5.41, 5.74) is 5.06. The monoisotopic (exact) mass is 399 g/mol. The molecule has 0 fully saturated rings. The maximum absolute atomic E-state index is 11.0. The third-order valence-electron chi connectivity index (χ3n) is 5.18. The summed E-state index contributed by atoms with van der Waals surface area (Å²) in [4.78, 5) is 4.51. The lowest BCUT2D eigenvalue weighted by Crippen LogP contribution is -2.07. The summed E-state index contributed by atoms with van der Waals surface area (Å²) < 4.78 is 10.7. The molecule has 0 amide bonds. The summed E-state index contributed by atoms with van der Waals surface area (Å²) in [6, 6.07) is 15.1. The van der Waals surface area contributed by atoms with Crippen molar-refractivity contribution in [2.45, 2.75) is 12.6 Å². The second-order valence-corrected chi connectivity index (χ2v) is 6.89. The predicted octanol–water partition coefficient (Wildman–Crippen LogP) is 4.15. The van der Waals surface area contributed by atoms with Crippen molar-refractivity contribution in [3.8, 4) is 17.6 Å². The summed E-state index contributed by atoms with van der Waals surface area (Å²) in [5.74, 6) is 1.46. The zero-order valence-electron chi connectivity index (χ0n) is 16.7. The third-order valence-corrected chi connectivity index (χ3v) is 5.18. The first-order valence-corrected chi connectivity index (χ1v) is 9.48. The Morgan fingerprint density at radius 3 is 2.73 bits per heavy atom. The van der Waals surface area contributed by atoms with E-state index in [0.717, 1.165) is 28.3 Å². The Morgan fingerprint density at radius 2 is 1.97 bits per heavy atom. The molecule has 2 N–H and O–H groups in total. The molecule has 150 valence electrons. The number of methoxy groups -OCH3 is 2. The van der Waals surface area contributed by atoms with E-state index in [-0.39, 0.29) is 0 Å². The number of ether oxygens (including phenoxy) is 2. The Hall–Kier alpha value is -3.82. The van der Waals surface area contributed by atoms with Crippen LogP contribution in [-0.2, 0) is 6.54 Å². The van der Waals surface area contributed by atoms with E-state index >= 15 is 0 Å². The molecule has 2 aromatic carbocycles. The molecule has 6 heteroatoms. The van der Waals surface area contributed by atoms with Gasteiger partial charge in [-0.2, -0.15) is 5.26 Å². The van der Waals surface area contributed by atoms with E-state index in [9.17, 15) is 10.4 Å². The van der Waals surface area contributed by atoms with E-state index in [1.165, 1.54) is 0 Å². The SMILES string of the molecule is COc1ccc(CNc2cnc3c(c2)C(O)c2cccc(C#N)c2C=C3)c(OC)c1. The van der Waals surface area contributed by atoms with Crippen LogP contribution in [-0.4, -0.2) is 24.3 Å². The van der Waals surface area contributed by atoms with Crippen LogP contribution in [0.5, 0.6) is 11.5 Å². The maximum atomic E-state index is 11.0. The van der Waals surface area contributed by atoms with Gasteiger partial charge in [-0.25, -0.2) is 0 Å². The molecule has 0 aliphatic heterocycles. The average Bonchev–Trinajstić information content (AvgIpc) is 2.94. The molecule has 1 aliphatic carbocycles. The second kappa shape index (κ2) is 8.27. The molecule has 1 atom stereocenters. The van der Waals surface area contributed by atoms with Gasteiger partial charge < -0.3 is 19.9 Å². The molecule has 0 radical (unpaired) electrons. The lowest BCUT2D eigenvalue weighted by molar-refractivity contribution is 0.219. The highest BCUT2D eigenvalue weighted by molar-refractivity contribution is 5.78. The van der Waals surface area contributed by atoms with Crippen LogP contribution >= 0.6 is 0 Å². The van der Waals surface area contributed by atoms with Crippen LogP contribution in [0.25, 0.3) is 12.2 Å². The van der Waals surface area contributed by atoms with E-state index in [4.69, 9.17) is 9.47 Å². The number of hydrogen-bond acceptors (Lipinski definition) is 6. The van der Waals surface area contributed by atoms with Crippen LogP contribution in [0, 0.1) is 11.3 Å². The zero-order valence-corrected chi connectivity index (χ0v) is 16.7. The van der Waals surface area contributed by atoms with Gasteiger partial charge in [-0.1, -0.05) is 18.2 Å². The van der Waals surface area contributed by atoms with Crippen molar-refractivity contribution < 1.29 is 14.6 Å². The number of rotatable bonds is 5. The minimum atomic E-state index is -0.872. The smallest absolute Gasteiger partial charge is 0.127 e. The first-order chi connectivity index (χ1) is 14.6. The molecule has 1 aliphatic rings. The summed E-state index contributed by atoms with van der Waals surface area (Å²) in [5, 5.41) is 23.7. The Kier molecular flexibility index (Phi) is 5.38.